The molecule has 7 nitrogen and oxygen atoms in total. The maximum atomic E-state index is 12.2. The van der Waals surface area contributed by atoms with E-state index in [1.807, 2.05) is 0 Å². The monoisotopic (exact) mass is 276 g/mol. The van der Waals surface area contributed by atoms with E-state index in [1.165, 1.54) is 13.3 Å². The minimum absolute atomic E-state index is 0.0843. The zero-order valence-corrected chi connectivity index (χ0v) is 11.9. The van der Waals surface area contributed by atoms with Crippen LogP contribution in [0.3, 0.4) is 0 Å². The minimum atomic E-state index is -3.64. The van der Waals surface area contributed by atoms with E-state index in [-0.39, 0.29) is 11.6 Å². The van der Waals surface area contributed by atoms with Crippen LogP contribution in [-0.2, 0) is 21.3 Å². The summed E-state index contributed by atoms with van der Waals surface area (Å²) in [6.07, 6.45) is 1.49. The molecule has 0 saturated carbocycles. The van der Waals surface area contributed by atoms with Crippen LogP contribution in [-0.4, -0.2) is 44.9 Å². The molecule has 8 heteroatoms. The van der Waals surface area contributed by atoms with Gasteiger partial charge in [0.05, 0.1) is 18.3 Å². The molecule has 1 aromatic heterocycles. The second-order valence-electron chi connectivity index (χ2n) is 4.68. The van der Waals surface area contributed by atoms with Crippen molar-refractivity contribution in [3.8, 4) is 0 Å². The number of H-pyrrole nitrogens is 1. The van der Waals surface area contributed by atoms with E-state index < -0.39 is 15.6 Å². The summed E-state index contributed by atoms with van der Waals surface area (Å²) in [4.78, 5) is 0. The lowest BCUT2D eigenvalue weighted by Gasteiger charge is -2.24. The van der Waals surface area contributed by atoms with Gasteiger partial charge >= 0.3 is 0 Å². The molecule has 1 rings (SSSR count). The molecule has 3 N–H and O–H groups in total. The van der Waals surface area contributed by atoms with Gasteiger partial charge < -0.3 is 10.1 Å². The predicted molar refractivity (Wildman–Crippen MR) is 67.6 cm³/mol. The minimum Gasteiger partial charge on any atom is -0.383 e. The van der Waals surface area contributed by atoms with Crippen LogP contribution in [0, 0.1) is 0 Å². The first kappa shape index (κ1) is 15.1. The fraction of sp³-hybridized carbons (Fsp3) is 0.700. The Hall–Kier alpha value is -0.960. The number of nitrogens with zero attached hydrogens (tertiary/aromatic N) is 1. The summed E-state index contributed by atoms with van der Waals surface area (Å²) in [7, 11) is -0.370. The number of sulfonamides is 1. The standard InChI is InChI=1S/C10H20N4O3S/c1-10(2,7-17-4)14-18(15,16)9-8(5-11-3)6-12-13-9/h6,11,14H,5,7H2,1-4H3,(H,12,13). The molecule has 0 bridgehead atoms. The lowest BCUT2D eigenvalue weighted by atomic mass is 10.1. The Labute approximate surface area is 107 Å². The highest BCUT2D eigenvalue weighted by atomic mass is 32.2. The molecule has 0 aromatic carbocycles. The number of aromatic nitrogens is 2. The second-order valence-corrected chi connectivity index (χ2v) is 6.30. The first-order valence-electron chi connectivity index (χ1n) is 5.52. The number of nitrogens with one attached hydrogen (secondary N) is 3. The lowest BCUT2D eigenvalue weighted by Crippen LogP contribution is -2.47. The highest BCUT2D eigenvalue weighted by molar-refractivity contribution is 7.89. The summed E-state index contributed by atoms with van der Waals surface area (Å²) in [5.41, 5.74) is -0.0893. The Morgan fingerprint density at radius 2 is 2.17 bits per heavy atom. The third-order valence-corrected chi connectivity index (χ3v) is 3.94. The van der Waals surface area contributed by atoms with Crippen molar-refractivity contribution in [2.75, 3.05) is 20.8 Å². The van der Waals surface area contributed by atoms with E-state index in [9.17, 15) is 8.42 Å². The molecule has 104 valence electrons. The van der Waals surface area contributed by atoms with E-state index in [0.29, 0.717) is 12.1 Å². The Morgan fingerprint density at radius 1 is 1.50 bits per heavy atom. The topological polar surface area (TPSA) is 96.1 Å². The summed E-state index contributed by atoms with van der Waals surface area (Å²) in [5.74, 6) is 0. The number of ether oxygens (including phenoxy) is 1. The van der Waals surface area contributed by atoms with Crippen LogP contribution in [0.1, 0.15) is 19.4 Å². The van der Waals surface area contributed by atoms with Crippen molar-refractivity contribution in [2.45, 2.75) is 31.0 Å². The lowest BCUT2D eigenvalue weighted by molar-refractivity contribution is 0.141. The van der Waals surface area contributed by atoms with Gasteiger partial charge in [-0.1, -0.05) is 0 Å². The average molecular weight is 276 g/mol. The van der Waals surface area contributed by atoms with Gasteiger partial charge in [0.2, 0.25) is 0 Å². The fourth-order valence-corrected chi connectivity index (χ4v) is 3.18. The Balaban J connectivity index is 2.96. The molecule has 0 atom stereocenters. The van der Waals surface area contributed by atoms with E-state index in [4.69, 9.17) is 4.74 Å². The number of hydrogen-bond acceptors (Lipinski definition) is 5. The molecule has 0 radical (unpaired) electrons. The highest BCUT2D eigenvalue weighted by Gasteiger charge is 2.28. The third-order valence-electron chi connectivity index (χ3n) is 2.23. The van der Waals surface area contributed by atoms with Crippen LogP contribution in [0.2, 0.25) is 0 Å². The molecule has 18 heavy (non-hydrogen) atoms. The van der Waals surface area contributed by atoms with Gasteiger partial charge in [-0.15, -0.1) is 0 Å². The van der Waals surface area contributed by atoms with Gasteiger partial charge in [0.15, 0.2) is 5.03 Å². The average Bonchev–Trinajstić information content (AvgIpc) is 2.65. The van der Waals surface area contributed by atoms with Crippen LogP contribution in [0.4, 0.5) is 0 Å². The molecule has 0 spiro atoms. The van der Waals surface area contributed by atoms with E-state index >= 15 is 0 Å². The second kappa shape index (κ2) is 5.79. The Morgan fingerprint density at radius 3 is 2.72 bits per heavy atom. The number of methoxy groups -OCH3 is 1. The summed E-state index contributed by atoms with van der Waals surface area (Å²) >= 11 is 0. The van der Waals surface area contributed by atoms with Crippen LogP contribution in [0.25, 0.3) is 0 Å². The van der Waals surface area contributed by atoms with Crippen LogP contribution < -0.4 is 10.0 Å². The van der Waals surface area contributed by atoms with Crippen molar-refractivity contribution in [2.24, 2.45) is 0 Å². The van der Waals surface area contributed by atoms with Gasteiger partial charge in [-0.2, -0.15) is 5.10 Å². The molecule has 0 amide bonds. The smallest absolute Gasteiger partial charge is 0.258 e. The van der Waals surface area contributed by atoms with Gasteiger partial charge in [0, 0.05) is 19.2 Å². The number of aromatic amines is 1. The zero-order valence-electron chi connectivity index (χ0n) is 11.1. The quantitative estimate of drug-likeness (QED) is 0.642. The summed E-state index contributed by atoms with van der Waals surface area (Å²) in [6.45, 7) is 4.21. The largest absolute Gasteiger partial charge is 0.383 e. The molecule has 1 aromatic rings. The van der Waals surface area contributed by atoms with E-state index in [1.54, 1.807) is 20.9 Å². The molecule has 0 saturated heterocycles. The fourth-order valence-electron chi connectivity index (χ4n) is 1.65. The van der Waals surface area contributed by atoms with Crippen molar-refractivity contribution in [3.05, 3.63) is 11.8 Å². The Kier molecular flexibility index (Phi) is 4.85. The first-order valence-corrected chi connectivity index (χ1v) is 7.00. The molecule has 0 aliphatic heterocycles. The summed E-state index contributed by atoms with van der Waals surface area (Å²) < 4.78 is 32.0. The zero-order chi connectivity index (χ0) is 13.8. The maximum Gasteiger partial charge on any atom is 0.258 e. The molecule has 0 aliphatic rings. The van der Waals surface area contributed by atoms with Crippen molar-refractivity contribution in [3.63, 3.8) is 0 Å². The predicted octanol–water partition coefficient (Wildman–Crippen LogP) is -0.168. The van der Waals surface area contributed by atoms with Crippen molar-refractivity contribution >= 4 is 10.0 Å². The molecule has 0 aliphatic carbocycles. The first-order chi connectivity index (χ1) is 8.32. The summed E-state index contributed by atoms with van der Waals surface area (Å²) in [5, 5.41) is 9.26. The SMILES string of the molecule is CNCc1cn[nH]c1S(=O)(=O)NC(C)(C)COC. The molecule has 0 fully saturated rings. The van der Waals surface area contributed by atoms with Gasteiger partial charge in [-0.25, -0.2) is 13.1 Å². The Bertz CT molecular complexity index is 481. The number of hydrogen-bond donors (Lipinski definition) is 3. The van der Waals surface area contributed by atoms with E-state index in [2.05, 4.69) is 20.2 Å². The van der Waals surface area contributed by atoms with Gasteiger partial charge in [0.25, 0.3) is 10.0 Å². The normalized spacial score (nSPS) is 12.9. The van der Waals surface area contributed by atoms with Gasteiger partial charge in [-0.05, 0) is 20.9 Å². The van der Waals surface area contributed by atoms with Gasteiger partial charge in [-0.3, -0.25) is 5.10 Å². The molecular formula is C10H20N4O3S. The summed E-state index contributed by atoms with van der Waals surface area (Å²) in [6, 6.07) is 0. The molecular weight excluding hydrogens is 256 g/mol. The van der Waals surface area contributed by atoms with E-state index in [0.717, 1.165) is 0 Å². The molecule has 1 heterocycles. The molecule has 0 unspecified atom stereocenters. The van der Waals surface area contributed by atoms with Crippen LogP contribution in [0.5, 0.6) is 0 Å². The van der Waals surface area contributed by atoms with Crippen molar-refractivity contribution < 1.29 is 13.2 Å². The van der Waals surface area contributed by atoms with Crippen LogP contribution in [0.15, 0.2) is 11.2 Å². The highest BCUT2D eigenvalue weighted by Crippen LogP contribution is 2.15. The third kappa shape index (κ3) is 3.77. The van der Waals surface area contributed by atoms with Crippen LogP contribution >= 0.6 is 0 Å². The van der Waals surface area contributed by atoms with Gasteiger partial charge in [0.1, 0.15) is 0 Å². The number of rotatable bonds is 7. The van der Waals surface area contributed by atoms with Crippen molar-refractivity contribution in [1.29, 1.82) is 0 Å². The van der Waals surface area contributed by atoms with Crippen molar-refractivity contribution in [1.82, 2.24) is 20.2 Å². The maximum absolute atomic E-state index is 12.2.